The zero-order valence-corrected chi connectivity index (χ0v) is 28.1. The molecule has 250 valence electrons. The van der Waals surface area contributed by atoms with Gasteiger partial charge in [-0.05, 0) is 42.7 Å². The highest BCUT2D eigenvalue weighted by Crippen LogP contribution is 2.37. The molecule has 0 radical (unpaired) electrons. The van der Waals surface area contributed by atoms with Crippen LogP contribution in [0.25, 0.3) is 33.3 Å². The molecule has 7 nitrogen and oxygen atoms in total. The average molecular weight is 641 g/mol. The van der Waals surface area contributed by atoms with Gasteiger partial charge in [-0.3, -0.25) is 4.79 Å². The number of benzene rings is 3. The second-order valence-corrected chi connectivity index (χ2v) is 12.1. The predicted molar refractivity (Wildman–Crippen MR) is 188 cm³/mol. The first-order chi connectivity index (χ1) is 23.1. The molecule has 2 heterocycles. The van der Waals surface area contributed by atoms with Crippen molar-refractivity contribution in [3.05, 3.63) is 88.3 Å². The van der Waals surface area contributed by atoms with Crippen molar-refractivity contribution in [2.45, 2.75) is 83.7 Å². The van der Waals surface area contributed by atoms with Crippen molar-refractivity contribution in [1.82, 2.24) is 0 Å². The molecule has 0 aliphatic rings. The van der Waals surface area contributed by atoms with Crippen LogP contribution in [0.5, 0.6) is 17.2 Å². The molecule has 0 bridgehead atoms. The Bertz CT molecular complexity index is 1750. The third-order valence-corrected chi connectivity index (χ3v) is 8.72. The molecule has 0 N–H and O–H groups in total. The van der Waals surface area contributed by atoms with E-state index in [9.17, 15) is 4.79 Å². The molecule has 2 aromatic heterocycles. The molecule has 0 aliphatic carbocycles. The van der Waals surface area contributed by atoms with Crippen LogP contribution in [0.3, 0.4) is 0 Å². The van der Waals surface area contributed by atoms with Crippen molar-refractivity contribution in [3.8, 4) is 28.6 Å². The van der Waals surface area contributed by atoms with Crippen molar-refractivity contribution in [3.63, 3.8) is 0 Å². The smallest absolute Gasteiger partial charge is 0.197 e. The van der Waals surface area contributed by atoms with Crippen LogP contribution < -0.4 is 19.6 Å². The molecule has 3 aromatic carbocycles. The van der Waals surface area contributed by atoms with Gasteiger partial charge < -0.3 is 27.8 Å². The second kappa shape index (κ2) is 17.6. The van der Waals surface area contributed by atoms with E-state index in [-0.39, 0.29) is 5.43 Å². The van der Waals surface area contributed by atoms with Crippen LogP contribution in [0.1, 0.15) is 82.0 Å². The number of fused-ring (bicyclic) bond motifs is 3. The summed E-state index contributed by atoms with van der Waals surface area (Å²) in [6.07, 6.45) is 14.5. The number of methoxy groups -OCH3 is 3. The zero-order valence-electron chi connectivity index (χ0n) is 28.1. The number of unbranched alkanes of at least 4 members (excludes halogenated alkanes) is 10. The fraction of sp³-hybridized carbons (Fsp3) is 0.425. The maximum atomic E-state index is 13.4. The van der Waals surface area contributed by atoms with Gasteiger partial charge in [0.1, 0.15) is 28.2 Å². The monoisotopic (exact) mass is 640 g/mol. The Morgan fingerprint density at radius 2 is 1.28 bits per heavy atom. The maximum absolute atomic E-state index is 13.4. The summed E-state index contributed by atoms with van der Waals surface area (Å²) in [5.41, 5.74) is 2.71. The third kappa shape index (κ3) is 9.19. The molecule has 0 amide bonds. The van der Waals surface area contributed by atoms with Crippen LogP contribution in [0.15, 0.2) is 80.4 Å². The van der Waals surface area contributed by atoms with E-state index in [1.807, 2.05) is 18.2 Å². The Balaban J connectivity index is 1.04. The van der Waals surface area contributed by atoms with Crippen molar-refractivity contribution in [1.29, 1.82) is 0 Å². The first-order valence-electron chi connectivity index (χ1n) is 17.0. The summed E-state index contributed by atoms with van der Waals surface area (Å²) in [4.78, 5) is 13.4. The quantitative estimate of drug-likeness (QED) is 0.0783. The lowest BCUT2D eigenvalue weighted by Crippen LogP contribution is -2.01. The molecule has 5 rings (SSSR count). The highest BCUT2D eigenvalue weighted by Gasteiger charge is 2.19. The lowest BCUT2D eigenvalue weighted by Gasteiger charge is -2.10. The third-order valence-electron chi connectivity index (χ3n) is 8.72. The Morgan fingerprint density at radius 1 is 0.617 bits per heavy atom. The van der Waals surface area contributed by atoms with E-state index < -0.39 is 0 Å². The van der Waals surface area contributed by atoms with Crippen LogP contribution >= 0.6 is 0 Å². The summed E-state index contributed by atoms with van der Waals surface area (Å²) in [5, 5.41) is 1.22. The highest BCUT2D eigenvalue weighted by molar-refractivity contribution is 6.05. The minimum Gasteiger partial charge on any atom is -0.496 e. The molecule has 0 unspecified atom stereocenters. The van der Waals surface area contributed by atoms with Crippen LogP contribution in [0.4, 0.5) is 0 Å². The van der Waals surface area contributed by atoms with E-state index in [0.29, 0.717) is 51.7 Å². The van der Waals surface area contributed by atoms with E-state index in [1.54, 1.807) is 39.5 Å². The molecule has 5 aromatic rings. The zero-order chi connectivity index (χ0) is 32.8. The van der Waals surface area contributed by atoms with Crippen LogP contribution in [0.2, 0.25) is 0 Å². The first-order valence-corrected chi connectivity index (χ1v) is 17.0. The molecule has 7 heteroatoms. The number of ether oxygens (including phenoxy) is 4. The number of rotatable bonds is 20. The van der Waals surface area contributed by atoms with Crippen molar-refractivity contribution in [2.24, 2.45) is 0 Å². The summed E-state index contributed by atoms with van der Waals surface area (Å²) in [5.74, 6) is 3.06. The largest absolute Gasteiger partial charge is 0.496 e. The molecular formula is C40H48O7. The molecule has 0 fully saturated rings. The fourth-order valence-electron chi connectivity index (χ4n) is 6.13. The molecule has 47 heavy (non-hydrogen) atoms. The van der Waals surface area contributed by atoms with Crippen LogP contribution in [0, 0.1) is 0 Å². The average Bonchev–Trinajstić information content (AvgIpc) is 3.53. The summed E-state index contributed by atoms with van der Waals surface area (Å²) in [6.45, 7) is 1.57. The highest BCUT2D eigenvalue weighted by atomic mass is 16.5. The number of hydrogen-bond donors (Lipinski definition) is 0. The summed E-state index contributed by atoms with van der Waals surface area (Å²) < 4.78 is 34.7. The van der Waals surface area contributed by atoms with Gasteiger partial charge in [-0.15, -0.1) is 0 Å². The molecular weight excluding hydrogens is 592 g/mol. The van der Waals surface area contributed by atoms with Gasteiger partial charge >= 0.3 is 0 Å². The fourth-order valence-corrected chi connectivity index (χ4v) is 6.13. The summed E-state index contributed by atoms with van der Waals surface area (Å²) >= 11 is 0. The molecule has 0 saturated carbocycles. The minimum absolute atomic E-state index is 0.169. The summed E-state index contributed by atoms with van der Waals surface area (Å²) in [6, 6.07) is 21.1. The van der Waals surface area contributed by atoms with E-state index in [4.69, 9.17) is 27.8 Å². The Kier molecular flexibility index (Phi) is 12.8. The van der Waals surface area contributed by atoms with Crippen LogP contribution in [-0.4, -0.2) is 27.9 Å². The van der Waals surface area contributed by atoms with E-state index in [2.05, 4.69) is 24.3 Å². The van der Waals surface area contributed by atoms with Gasteiger partial charge in [-0.2, -0.15) is 0 Å². The van der Waals surface area contributed by atoms with E-state index in [0.717, 1.165) is 43.4 Å². The number of hydrogen-bond acceptors (Lipinski definition) is 7. The van der Waals surface area contributed by atoms with E-state index in [1.165, 1.54) is 63.0 Å². The molecule has 0 aliphatic heterocycles. The Labute approximate surface area is 277 Å². The summed E-state index contributed by atoms with van der Waals surface area (Å²) in [7, 11) is 4.77. The van der Waals surface area contributed by atoms with Gasteiger partial charge in [0.05, 0.1) is 33.3 Å². The SMILES string of the molecule is COc1ccc(-c2cc(=O)c3c(cc(OC)c4cc(CCCCCCCCCCCCCOCc5ccccc5)oc43)o2)cc1OC. The van der Waals surface area contributed by atoms with Gasteiger partial charge in [0, 0.05) is 30.7 Å². The Morgan fingerprint density at radius 3 is 1.96 bits per heavy atom. The number of furan rings is 1. The maximum Gasteiger partial charge on any atom is 0.197 e. The van der Waals surface area contributed by atoms with Crippen molar-refractivity contribution in [2.75, 3.05) is 27.9 Å². The molecule has 0 spiro atoms. The van der Waals surface area contributed by atoms with E-state index >= 15 is 0 Å². The molecule has 0 atom stereocenters. The predicted octanol–water partition coefficient (Wildman–Crippen LogP) is 10.3. The number of aryl methyl sites for hydroxylation is 1. The molecule has 0 saturated heterocycles. The van der Waals surface area contributed by atoms with Gasteiger partial charge in [-0.1, -0.05) is 88.1 Å². The normalized spacial score (nSPS) is 11.4. The van der Waals surface area contributed by atoms with Gasteiger partial charge in [0.2, 0.25) is 0 Å². The Hall–Kier alpha value is -4.23. The lowest BCUT2D eigenvalue weighted by atomic mass is 10.0. The first kappa shape index (κ1) is 34.1. The standard InChI is InChI=1S/C40H48O7/c1-42-34-22-21-30(24-37(34)44-3)35-26-33(41)39-38(47-35)27-36(43-2)32-25-31(46-40(32)39)20-16-11-9-7-5-4-6-8-10-12-17-23-45-28-29-18-14-13-15-19-29/h13-15,18-19,21-22,24-27H,4-12,16-17,20,23,28H2,1-3H3. The topological polar surface area (TPSA) is 80.3 Å². The second-order valence-electron chi connectivity index (χ2n) is 12.1. The van der Waals surface area contributed by atoms with Gasteiger partial charge in [0.25, 0.3) is 0 Å². The lowest BCUT2D eigenvalue weighted by molar-refractivity contribution is 0.116. The van der Waals surface area contributed by atoms with Crippen molar-refractivity contribution >= 4 is 21.9 Å². The van der Waals surface area contributed by atoms with Gasteiger partial charge in [0.15, 0.2) is 22.5 Å². The van der Waals surface area contributed by atoms with Crippen molar-refractivity contribution < 1.29 is 27.8 Å². The van der Waals surface area contributed by atoms with Crippen LogP contribution in [-0.2, 0) is 17.8 Å². The minimum atomic E-state index is -0.169. The van der Waals surface area contributed by atoms with Gasteiger partial charge in [-0.25, -0.2) is 0 Å².